The zero-order valence-electron chi connectivity index (χ0n) is 9.44. The van der Waals surface area contributed by atoms with Gasteiger partial charge < -0.3 is 4.90 Å². The molecule has 0 aliphatic heterocycles. The zero-order valence-corrected chi connectivity index (χ0v) is 10.2. The molecule has 0 fully saturated rings. The molecule has 2 rings (SSSR count). The molecule has 0 radical (unpaired) electrons. The third-order valence-electron chi connectivity index (χ3n) is 2.16. The Bertz CT molecular complexity index is 577. The number of nitrogens with one attached hydrogen (secondary N) is 1. The number of aromatic amines is 1. The van der Waals surface area contributed by atoms with Gasteiger partial charge in [0.1, 0.15) is 5.82 Å². The topological polar surface area (TPSA) is 61.9 Å². The number of halogens is 1. The highest BCUT2D eigenvalue weighted by Crippen LogP contribution is 2.17. The lowest BCUT2D eigenvalue weighted by atomic mass is 10.2. The molecule has 6 heteroatoms. The molecule has 0 atom stereocenters. The van der Waals surface area contributed by atoms with Crippen LogP contribution < -0.4 is 10.6 Å². The molecule has 0 saturated carbocycles. The van der Waals surface area contributed by atoms with Crippen molar-refractivity contribution in [2.75, 3.05) is 19.0 Å². The largest absolute Gasteiger partial charge is 0.349 e. The van der Waals surface area contributed by atoms with Crippen LogP contribution in [0, 0.1) is 0 Å². The second-order valence-corrected chi connectivity index (χ2v) is 4.14. The maximum atomic E-state index is 11.4. The number of nitrogens with zero attached hydrogens (tertiary/aromatic N) is 3. The minimum Gasteiger partial charge on any atom is -0.347 e. The zero-order chi connectivity index (χ0) is 12.4. The van der Waals surface area contributed by atoms with Gasteiger partial charge in [-0.3, -0.25) is 4.98 Å². The van der Waals surface area contributed by atoms with Gasteiger partial charge in [-0.2, -0.15) is 9.97 Å². The Balaban J connectivity index is 2.52. The predicted octanol–water partition coefficient (Wildman–Crippen LogP) is 1.55. The molecule has 17 heavy (non-hydrogen) atoms. The van der Waals surface area contributed by atoms with E-state index in [1.807, 2.05) is 0 Å². The van der Waals surface area contributed by atoms with Crippen LogP contribution >= 0.6 is 11.6 Å². The van der Waals surface area contributed by atoms with Crippen LogP contribution in [-0.2, 0) is 0 Å². The van der Waals surface area contributed by atoms with Gasteiger partial charge >= 0.3 is 5.69 Å². The smallest absolute Gasteiger partial charge is 0.347 e. The van der Waals surface area contributed by atoms with Crippen molar-refractivity contribution in [3.8, 4) is 11.4 Å². The van der Waals surface area contributed by atoms with E-state index in [9.17, 15) is 4.79 Å². The van der Waals surface area contributed by atoms with Crippen molar-refractivity contribution in [2.45, 2.75) is 0 Å². The Hall–Kier alpha value is -1.88. The van der Waals surface area contributed by atoms with Gasteiger partial charge in [0.2, 0.25) is 5.95 Å². The molecule has 0 unspecified atom stereocenters. The molecule has 1 N–H and O–H groups in total. The normalized spacial score (nSPS) is 10.3. The summed E-state index contributed by atoms with van der Waals surface area (Å²) in [7, 11) is 3.56. The first-order valence-corrected chi connectivity index (χ1v) is 5.35. The standard InChI is InChI=1S/C11H11ClN4O/c1-16(2)10-13-9(14-11(17)15-10)7-3-5-8(12)6-4-7/h3-6H,1-2H3,(H,13,14,15,17). The van der Waals surface area contributed by atoms with Crippen molar-refractivity contribution in [1.82, 2.24) is 15.0 Å². The highest BCUT2D eigenvalue weighted by atomic mass is 35.5. The van der Waals surface area contributed by atoms with Crippen LogP contribution in [0.15, 0.2) is 29.1 Å². The molecule has 1 heterocycles. The Morgan fingerprint density at radius 3 is 2.41 bits per heavy atom. The lowest BCUT2D eigenvalue weighted by molar-refractivity contribution is 0.928. The summed E-state index contributed by atoms with van der Waals surface area (Å²) in [6.45, 7) is 0. The van der Waals surface area contributed by atoms with E-state index in [1.165, 1.54) is 0 Å². The van der Waals surface area contributed by atoms with Crippen LogP contribution in [-0.4, -0.2) is 29.0 Å². The summed E-state index contributed by atoms with van der Waals surface area (Å²) in [6, 6.07) is 7.07. The Morgan fingerprint density at radius 1 is 1.18 bits per heavy atom. The van der Waals surface area contributed by atoms with Gasteiger partial charge in [-0.05, 0) is 24.3 Å². The number of H-pyrrole nitrogens is 1. The third-order valence-corrected chi connectivity index (χ3v) is 2.41. The summed E-state index contributed by atoms with van der Waals surface area (Å²) in [5.41, 5.74) is 0.366. The first kappa shape index (κ1) is 11.6. The van der Waals surface area contributed by atoms with Crippen LogP contribution in [0.2, 0.25) is 5.02 Å². The minimum absolute atomic E-state index is 0.374. The van der Waals surface area contributed by atoms with Crippen molar-refractivity contribution >= 4 is 17.5 Å². The van der Waals surface area contributed by atoms with E-state index < -0.39 is 5.69 Å². The van der Waals surface area contributed by atoms with Crippen molar-refractivity contribution in [3.05, 3.63) is 39.8 Å². The van der Waals surface area contributed by atoms with Crippen LogP contribution in [0.3, 0.4) is 0 Å². The van der Waals surface area contributed by atoms with Gasteiger partial charge in [0.15, 0.2) is 0 Å². The highest BCUT2D eigenvalue weighted by molar-refractivity contribution is 6.30. The van der Waals surface area contributed by atoms with Gasteiger partial charge in [0, 0.05) is 24.7 Å². The van der Waals surface area contributed by atoms with Crippen molar-refractivity contribution in [1.29, 1.82) is 0 Å². The van der Waals surface area contributed by atoms with Crippen LogP contribution in [0.4, 0.5) is 5.95 Å². The van der Waals surface area contributed by atoms with Gasteiger partial charge in [-0.25, -0.2) is 4.79 Å². The fourth-order valence-electron chi connectivity index (χ4n) is 1.32. The van der Waals surface area contributed by atoms with Crippen LogP contribution in [0.5, 0.6) is 0 Å². The molecular formula is C11H11ClN4O. The van der Waals surface area contributed by atoms with Crippen LogP contribution in [0.1, 0.15) is 0 Å². The maximum absolute atomic E-state index is 11.4. The maximum Gasteiger partial charge on any atom is 0.349 e. The van der Waals surface area contributed by atoms with Gasteiger partial charge in [0.05, 0.1) is 0 Å². The average Bonchev–Trinajstić information content (AvgIpc) is 2.29. The molecule has 0 aliphatic carbocycles. The molecule has 5 nitrogen and oxygen atoms in total. The first-order chi connectivity index (χ1) is 8.06. The second kappa shape index (κ2) is 4.55. The Kier molecular flexibility index (Phi) is 3.10. The summed E-state index contributed by atoms with van der Waals surface area (Å²) >= 11 is 5.80. The lowest BCUT2D eigenvalue weighted by Gasteiger charge is -2.10. The number of anilines is 1. The second-order valence-electron chi connectivity index (χ2n) is 3.70. The van der Waals surface area contributed by atoms with E-state index in [1.54, 1.807) is 43.3 Å². The number of benzene rings is 1. The fourth-order valence-corrected chi connectivity index (χ4v) is 1.44. The summed E-state index contributed by atoms with van der Waals surface area (Å²) in [6.07, 6.45) is 0. The van der Waals surface area contributed by atoms with E-state index in [2.05, 4.69) is 15.0 Å². The van der Waals surface area contributed by atoms with Gasteiger partial charge in [0.25, 0.3) is 0 Å². The van der Waals surface area contributed by atoms with E-state index in [0.717, 1.165) is 5.56 Å². The third kappa shape index (κ3) is 2.62. The number of aromatic nitrogens is 3. The number of hydrogen-bond acceptors (Lipinski definition) is 4. The molecule has 0 saturated heterocycles. The predicted molar refractivity (Wildman–Crippen MR) is 67.4 cm³/mol. The fraction of sp³-hybridized carbons (Fsp3) is 0.182. The summed E-state index contributed by atoms with van der Waals surface area (Å²) in [4.78, 5) is 23.7. The molecule has 2 aromatic rings. The van der Waals surface area contributed by atoms with Gasteiger partial charge in [-0.15, -0.1) is 0 Å². The molecule has 0 spiro atoms. The van der Waals surface area contributed by atoms with Crippen molar-refractivity contribution in [3.63, 3.8) is 0 Å². The molecule has 1 aromatic carbocycles. The van der Waals surface area contributed by atoms with Crippen molar-refractivity contribution in [2.24, 2.45) is 0 Å². The summed E-state index contributed by atoms with van der Waals surface area (Å²) in [5.74, 6) is 0.851. The molecule has 0 aliphatic rings. The molecular weight excluding hydrogens is 240 g/mol. The quantitative estimate of drug-likeness (QED) is 0.879. The van der Waals surface area contributed by atoms with E-state index in [4.69, 9.17) is 11.6 Å². The van der Waals surface area contributed by atoms with Crippen molar-refractivity contribution < 1.29 is 0 Å². The van der Waals surface area contributed by atoms with Crippen LogP contribution in [0.25, 0.3) is 11.4 Å². The minimum atomic E-state index is -0.423. The average molecular weight is 251 g/mol. The highest BCUT2D eigenvalue weighted by Gasteiger charge is 2.06. The van der Waals surface area contributed by atoms with E-state index in [-0.39, 0.29) is 0 Å². The Labute approximate surface area is 103 Å². The molecule has 0 bridgehead atoms. The van der Waals surface area contributed by atoms with E-state index in [0.29, 0.717) is 16.8 Å². The first-order valence-electron chi connectivity index (χ1n) is 4.98. The summed E-state index contributed by atoms with van der Waals surface area (Å²) < 4.78 is 0. The van der Waals surface area contributed by atoms with Gasteiger partial charge in [-0.1, -0.05) is 11.6 Å². The molecule has 88 valence electrons. The molecule has 1 aromatic heterocycles. The lowest BCUT2D eigenvalue weighted by Crippen LogP contribution is -2.21. The van der Waals surface area contributed by atoms with E-state index >= 15 is 0 Å². The summed E-state index contributed by atoms with van der Waals surface area (Å²) in [5, 5.41) is 0.637. The molecule has 0 amide bonds. The number of hydrogen-bond donors (Lipinski definition) is 1. The monoisotopic (exact) mass is 250 g/mol. The SMILES string of the molecule is CN(C)c1nc(-c2ccc(Cl)cc2)[nH]c(=O)n1. The Morgan fingerprint density at radius 2 is 1.82 bits per heavy atom. The number of rotatable bonds is 2.